The van der Waals surface area contributed by atoms with E-state index >= 15 is 0 Å². The average Bonchev–Trinajstić information content (AvgIpc) is 3.33. The van der Waals surface area contributed by atoms with E-state index in [0.717, 1.165) is 0 Å². The highest BCUT2D eigenvalue weighted by molar-refractivity contribution is 6.24. The Hall–Kier alpha value is -5.46. The van der Waals surface area contributed by atoms with E-state index in [0.29, 0.717) is 0 Å². The van der Waals surface area contributed by atoms with Crippen LogP contribution < -0.4 is 0 Å². The van der Waals surface area contributed by atoms with Gasteiger partial charge in [-0.15, -0.1) is 0 Å². The van der Waals surface area contributed by atoms with Gasteiger partial charge in [-0.25, -0.2) is 0 Å². The molecule has 0 heterocycles. The Labute approximate surface area is 264 Å². The Bertz CT molecular complexity index is 2440. The molecule has 8 aromatic carbocycles. The molecule has 1 aliphatic rings. The van der Waals surface area contributed by atoms with Gasteiger partial charge < -0.3 is 0 Å². The van der Waals surface area contributed by atoms with Crippen LogP contribution in [-0.2, 0) is 5.41 Å². The monoisotopic (exact) mass is 572 g/mol. The second-order valence-electron chi connectivity index (χ2n) is 12.9. The van der Waals surface area contributed by atoms with E-state index in [1.165, 1.54) is 88.0 Å². The molecule has 0 fully saturated rings. The molecule has 0 bridgehead atoms. The minimum atomic E-state index is -0.0586. The van der Waals surface area contributed by atoms with Crippen LogP contribution in [0.1, 0.15) is 25.0 Å². The minimum Gasteiger partial charge on any atom is -0.0622 e. The van der Waals surface area contributed by atoms with Crippen molar-refractivity contribution in [2.45, 2.75) is 19.3 Å². The highest BCUT2D eigenvalue weighted by atomic mass is 14.4. The highest BCUT2D eigenvalue weighted by Gasteiger charge is 2.35. The molecule has 0 heteroatoms. The third-order valence-corrected chi connectivity index (χ3v) is 10.1. The first-order valence-corrected chi connectivity index (χ1v) is 15.9. The zero-order chi connectivity index (χ0) is 30.1. The van der Waals surface area contributed by atoms with Crippen molar-refractivity contribution in [3.63, 3.8) is 0 Å². The third kappa shape index (κ3) is 3.85. The van der Waals surface area contributed by atoms with Crippen LogP contribution in [0.2, 0.25) is 0 Å². The smallest absolute Gasteiger partial charge is 0.0159 e. The van der Waals surface area contributed by atoms with Gasteiger partial charge in [-0.2, -0.15) is 0 Å². The SMILES string of the molecule is CC1(C)c2ccccc2-c2ccc(-c3c4ccccc4c(-c4cccc5ccccc45)c4cc(-c5ccccc5)ccc34)cc21. The lowest BCUT2D eigenvalue weighted by atomic mass is 9.80. The van der Waals surface area contributed by atoms with Gasteiger partial charge in [0.1, 0.15) is 0 Å². The summed E-state index contributed by atoms with van der Waals surface area (Å²) >= 11 is 0. The topological polar surface area (TPSA) is 0 Å². The Morgan fingerprint density at radius 2 is 0.933 bits per heavy atom. The standard InChI is InChI=1S/C45H32/c1-45(2)41-22-11-10-18-34(41)35-25-24-32(28-42(35)45)43-37-19-8-9-20-38(37)44(36-21-12-16-30-15-6-7-17-33(30)36)40-27-31(23-26-39(40)43)29-13-4-3-5-14-29/h3-28H,1-2H3. The van der Waals surface area contributed by atoms with Crippen molar-refractivity contribution < 1.29 is 0 Å². The number of benzene rings is 8. The second kappa shape index (κ2) is 9.78. The summed E-state index contributed by atoms with van der Waals surface area (Å²) in [6.45, 7) is 4.74. The molecule has 45 heavy (non-hydrogen) atoms. The molecule has 0 spiro atoms. The van der Waals surface area contributed by atoms with Gasteiger partial charge in [-0.1, -0.05) is 159 Å². The zero-order valence-corrected chi connectivity index (χ0v) is 25.5. The lowest BCUT2D eigenvalue weighted by molar-refractivity contribution is 0.660. The summed E-state index contributed by atoms with van der Waals surface area (Å²) in [6.07, 6.45) is 0. The lowest BCUT2D eigenvalue weighted by Crippen LogP contribution is -2.14. The van der Waals surface area contributed by atoms with Gasteiger partial charge in [-0.05, 0) is 100 Å². The molecule has 9 rings (SSSR count). The molecule has 0 N–H and O–H groups in total. The fourth-order valence-corrected chi connectivity index (χ4v) is 7.89. The van der Waals surface area contributed by atoms with Crippen LogP contribution in [0.4, 0.5) is 0 Å². The fraction of sp³-hybridized carbons (Fsp3) is 0.0667. The molecule has 0 radical (unpaired) electrons. The van der Waals surface area contributed by atoms with Crippen LogP contribution in [-0.4, -0.2) is 0 Å². The summed E-state index contributed by atoms with van der Waals surface area (Å²) < 4.78 is 0. The van der Waals surface area contributed by atoms with Crippen LogP contribution in [0, 0.1) is 0 Å². The number of hydrogen-bond donors (Lipinski definition) is 0. The van der Waals surface area contributed by atoms with Gasteiger partial charge in [0.25, 0.3) is 0 Å². The van der Waals surface area contributed by atoms with Gasteiger partial charge in [0, 0.05) is 5.41 Å². The summed E-state index contributed by atoms with van der Waals surface area (Å²) in [4.78, 5) is 0. The fourth-order valence-electron chi connectivity index (χ4n) is 7.89. The van der Waals surface area contributed by atoms with Crippen LogP contribution in [0.15, 0.2) is 158 Å². The molecule has 212 valence electrons. The summed E-state index contributed by atoms with van der Waals surface area (Å²) in [7, 11) is 0. The molecular formula is C45H32. The maximum absolute atomic E-state index is 2.47. The maximum atomic E-state index is 2.47. The minimum absolute atomic E-state index is 0.0586. The summed E-state index contributed by atoms with van der Waals surface area (Å²) in [5.41, 5.74) is 13.1. The quantitative estimate of drug-likeness (QED) is 0.185. The lowest BCUT2D eigenvalue weighted by Gasteiger charge is -2.23. The Morgan fingerprint density at radius 1 is 0.333 bits per heavy atom. The number of fused-ring (bicyclic) bond motifs is 6. The van der Waals surface area contributed by atoms with Crippen molar-refractivity contribution in [1.82, 2.24) is 0 Å². The highest BCUT2D eigenvalue weighted by Crippen LogP contribution is 2.51. The van der Waals surface area contributed by atoms with E-state index in [-0.39, 0.29) is 5.41 Å². The summed E-state index contributed by atoms with van der Waals surface area (Å²) in [5.74, 6) is 0. The molecule has 1 aliphatic carbocycles. The Morgan fingerprint density at radius 3 is 1.78 bits per heavy atom. The summed E-state index contributed by atoms with van der Waals surface area (Å²) in [6, 6.07) is 58.4. The van der Waals surface area contributed by atoms with Crippen LogP contribution in [0.3, 0.4) is 0 Å². The van der Waals surface area contributed by atoms with Crippen molar-refractivity contribution in [3.8, 4) is 44.5 Å². The number of rotatable bonds is 3. The van der Waals surface area contributed by atoms with E-state index < -0.39 is 0 Å². The van der Waals surface area contributed by atoms with Crippen molar-refractivity contribution in [2.75, 3.05) is 0 Å². The molecule has 0 aliphatic heterocycles. The van der Waals surface area contributed by atoms with Crippen LogP contribution in [0.25, 0.3) is 76.8 Å². The van der Waals surface area contributed by atoms with Gasteiger partial charge in [0.05, 0.1) is 0 Å². The van der Waals surface area contributed by atoms with Crippen molar-refractivity contribution in [2.24, 2.45) is 0 Å². The first-order valence-electron chi connectivity index (χ1n) is 15.9. The van der Waals surface area contributed by atoms with E-state index in [9.17, 15) is 0 Å². The number of hydrogen-bond acceptors (Lipinski definition) is 0. The van der Waals surface area contributed by atoms with Gasteiger partial charge >= 0.3 is 0 Å². The molecule has 0 amide bonds. The van der Waals surface area contributed by atoms with E-state index in [4.69, 9.17) is 0 Å². The first kappa shape index (κ1) is 26.0. The summed E-state index contributed by atoms with van der Waals surface area (Å²) in [5, 5.41) is 7.67. The van der Waals surface area contributed by atoms with Crippen molar-refractivity contribution in [1.29, 1.82) is 0 Å². The van der Waals surface area contributed by atoms with Gasteiger partial charge in [0.2, 0.25) is 0 Å². The van der Waals surface area contributed by atoms with Gasteiger partial charge in [-0.3, -0.25) is 0 Å². The molecule has 0 saturated heterocycles. The predicted molar refractivity (Wildman–Crippen MR) is 193 cm³/mol. The Kier molecular flexibility index (Phi) is 5.64. The molecule has 0 nitrogen and oxygen atoms in total. The van der Waals surface area contributed by atoms with Gasteiger partial charge in [0.15, 0.2) is 0 Å². The molecule has 0 atom stereocenters. The predicted octanol–water partition coefficient (Wildman–Crippen LogP) is 12.5. The van der Waals surface area contributed by atoms with E-state index in [1.807, 2.05) is 0 Å². The molecule has 0 saturated carbocycles. The average molecular weight is 573 g/mol. The van der Waals surface area contributed by atoms with Crippen molar-refractivity contribution in [3.05, 3.63) is 169 Å². The van der Waals surface area contributed by atoms with Crippen molar-refractivity contribution >= 4 is 32.3 Å². The second-order valence-corrected chi connectivity index (χ2v) is 12.9. The molecule has 8 aromatic rings. The third-order valence-electron chi connectivity index (χ3n) is 10.1. The van der Waals surface area contributed by atoms with Crippen LogP contribution in [0.5, 0.6) is 0 Å². The largest absolute Gasteiger partial charge is 0.0622 e. The first-order chi connectivity index (χ1) is 22.1. The van der Waals surface area contributed by atoms with Crippen LogP contribution >= 0.6 is 0 Å². The van der Waals surface area contributed by atoms with E-state index in [1.54, 1.807) is 0 Å². The van der Waals surface area contributed by atoms with E-state index in [2.05, 4.69) is 172 Å². The zero-order valence-electron chi connectivity index (χ0n) is 25.5. The molecule has 0 aromatic heterocycles. The maximum Gasteiger partial charge on any atom is 0.0159 e. The Balaban J connectivity index is 1.40. The molecule has 0 unspecified atom stereocenters. The normalized spacial score (nSPS) is 13.3. The molecular weight excluding hydrogens is 540 g/mol.